The number of nitro benzene ring substituents is 1. The zero-order chi connectivity index (χ0) is 11.6. The number of hydrogen-bond acceptors (Lipinski definition) is 4. The minimum absolute atomic E-state index is 0. The van der Waals surface area contributed by atoms with E-state index in [4.69, 9.17) is 5.73 Å². The van der Waals surface area contributed by atoms with Crippen molar-refractivity contribution in [1.82, 2.24) is 0 Å². The molecule has 1 atom stereocenters. The number of nitrogens with zero attached hydrogens (tertiary/aromatic N) is 1. The van der Waals surface area contributed by atoms with Crippen LogP contribution in [0.5, 0.6) is 5.75 Å². The Morgan fingerprint density at radius 1 is 1.62 bits per heavy atom. The lowest BCUT2D eigenvalue weighted by atomic mass is 10.1. The second-order valence-electron chi connectivity index (χ2n) is 2.88. The van der Waals surface area contributed by atoms with Crippen molar-refractivity contribution in [3.63, 3.8) is 0 Å². The summed E-state index contributed by atoms with van der Waals surface area (Å²) in [5, 5.41) is 19.9. The maximum Gasteiger partial charge on any atom is 0.313 e. The van der Waals surface area contributed by atoms with Crippen molar-refractivity contribution >= 4 is 18.1 Å². The van der Waals surface area contributed by atoms with Gasteiger partial charge in [-0.3, -0.25) is 10.1 Å². The minimum atomic E-state index is -0.877. The molecule has 0 amide bonds. The van der Waals surface area contributed by atoms with E-state index in [0.29, 0.717) is 6.07 Å². The molecule has 7 heteroatoms. The predicted molar refractivity (Wildman–Crippen MR) is 59.1 cm³/mol. The van der Waals surface area contributed by atoms with Gasteiger partial charge in [0.25, 0.3) is 0 Å². The topological polar surface area (TPSA) is 89.4 Å². The van der Waals surface area contributed by atoms with Crippen LogP contribution in [0.3, 0.4) is 0 Å². The van der Waals surface area contributed by atoms with Gasteiger partial charge in [-0.25, -0.2) is 4.39 Å². The Bertz CT molecular complexity index is 425. The Hall–Kier alpha value is -1.66. The molecular weight excluding hydrogens is 239 g/mol. The van der Waals surface area contributed by atoms with Crippen LogP contribution in [0.4, 0.5) is 10.1 Å². The monoisotopic (exact) mass is 248 g/mol. The molecule has 0 spiro atoms. The molecule has 0 heterocycles. The molecule has 1 aromatic carbocycles. The number of aromatic hydroxyl groups is 1. The van der Waals surface area contributed by atoms with E-state index < -0.39 is 28.2 Å². The van der Waals surface area contributed by atoms with Crippen LogP contribution in [0.15, 0.2) is 24.8 Å². The van der Waals surface area contributed by atoms with Crippen LogP contribution < -0.4 is 5.73 Å². The van der Waals surface area contributed by atoms with Gasteiger partial charge in [-0.15, -0.1) is 19.0 Å². The second kappa shape index (κ2) is 5.43. The maximum absolute atomic E-state index is 13.0. The minimum Gasteiger partial charge on any atom is -0.502 e. The van der Waals surface area contributed by atoms with Gasteiger partial charge in [0, 0.05) is 5.56 Å². The van der Waals surface area contributed by atoms with Gasteiger partial charge in [-0.1, -0.05) is 6.08 Å². The lowest BCUT2D eigenvalue weighted by molar-refractivity contribution is -0.386. The SMILES string of the molecule is C=C[C@@H](N)c1cc(F)cc([N+](=O)[O-])c1O.Cl. The van der Waals surface area contributed by atoms with Gasteiger partial charge < -0.3 is 10.8 Å². The molecule has 0 aliphatic rings. The number of nitro groups is 1. The fraction of sp³-hybridized carbons (Fsp3) is 0.111. The highest BCUT2D eigenvalue weighted by Gasteiger charge is 2.21. The molecule has 3 N–H and O–H groups in total. The summed E-state index contributed by atoms with van der Waals surface area (Å²) in [5.41, 5.74) is 4.70. The third kappa shape index (κ3) is 2.68. The lowest BCUT2D eigenvalue weighted by Gasteiger charge is -2.09. The lowest BCUT2D eigenvalue weighted by Crippen LogP contribution is -2.08. The van der Waals surface area contributed by atoms with E-state index in [9.17, 15) is 19.6 Å². The standard InChI is InChI=1S/C9H9FN2O3.ClH/c1-2-7(11)6-3-5(10)4-8(9(6)13)12(14)15;/h2-4,7,13H,1,11H2;1H/t7-;/m1./s1. The van der Waals surface area contributed by atoms with Gasteiger partial charge >= 0.3 is 5.69 Å². The summed E-state index contributed by atoms with van der Waals surface area (Å²) in [6.45, 7) is 3.35. The molecule has 5 nitrogen and oxygen atoms in total. The Morgan fingerprint density at radius 2 is 2.19 bits per heavy atom. The zero-order valence-corrected chi connectivity index (χ0v) is 8.91. The van der Waals surface area contributed by atoms with Crippen molar-refractivity contribution in [1.29, 1.82) is 0 Å². The smallest absolute Gasteiger partial charge is 0.313 e. The Kier molecular flexibility index (Phi) is 4.87. The fourth-order valence-corrected chi connectivity index (χ4v) is 1.13. The van der Waals surface area contributed by atoms with Crippen molar-refractivity contribution in [3.05, 3.63) is 46.3 Å². The Balaban J connectivity index is 0.00000225. The summed E-state index contributed by atoms with van der Waals surface area (Å²) in [6, 6.07) is 0.725. The van der Waals surface area contributed by atoms with Crippen LogP contribution in [0.1, 0.15) is 11.6 Å². The first-order valence-corrected chi connectivity index (χ1v) is 4.02. The molecule has 1 aromatic rings. The molecule has 0 saturated carbocycles. The van der Waals surface area contributed by atoms with Gasteiger partial charge in [0.05, 0.1) is 17.0 Å². The van der Waals surface area contributed by atoms with E-state index in [1.54, 1.807) is 0 Å². The number of benzene rings is 1. The van der Waals surface area contributed by atoms with Gasteiger partial charge in [0.1, 0.15) is 5.82 Å². The number of hydrogen-bond donors (Lipinski definition) is 2. The van der Waals surface area contributed by atoms with E-state index in [1.165, 1.54) is 6.08 Å². The van der Waals surface area contributed by atoms with E-state index >= 15 is 0 Å². The molecule has 0 radical (unpaired) electrons. The molecule has 16 heavy (non-hydrogen) atoms. The number of rotatable bonds is 3. The van der Waals surface area contributed by atoms with E-state index in [0.717, 1.165) is 6.07 Å². The first-order chi connectivity index (χ1) is 6.97. The van der Waals surface area contributed by atoms with Crippen molar-refractivity contribution in [2.45, 2.75) is 6.04 Å². The highest BCUT2D eigenvalue weighted by molar-refractivity contribution is 5.85. The second-order valence-corrected chi connectivity index (χ2v) is 2.88. The van der Waals surface area contributed by atoms with Crippen molar-refractivity contribution < 1.29 is 14.4 Å². The van der Waals surface area contributed by atoms with Crippen LogP contribution in [0.25, 0.3) is 0 Å². The number of phenolic OH excluding ortho intramolecular Hbond substituents is 1. The third-order valence-electron chi connectivity index (χ3n) is 1.89. The Labute approximate surface area is 96.9 Å². The fourth-order valence-electron chi connectivity index (χ4n) is 1.13. The highest BCUT2D eigenvalue weighted by Crippen LogP contribution is 2.33. The van der Waals surface area contributed by atoms with E-state index in [2.05, 4.69) is 6.58 Å². The molecule has 0 aliphatic carbocycles. The van der Waals surface area contributed by atoms with Crippen molar-refractivity contribution in [2.24, 2.45) is 5.73 Å². The summed E-state index contributed by atoms with van der Waals surface area (Å²) in [5.74, 6) is -1.46. The summed E-state index contributed by atoms with van der Waals surface area (Å²) < 4.78 is 13.0. The van der Waals surface area contributed by atoms with Gasteiger partial charge in [0.15, 0.2) is 5.75 Å². The van der Waals surface area contributed by atoms with Crippen LogP contribution >= 0.6 is 12.4 Å². The van der Waals surface area contributed by atoms with E-state index in [1.807, 2.05) is 0 Å². The summed E-state index contributed by atoms with van der Waals surface area (Å²) in [6.07, 6.45) is 1.25. The van der Waals surface area contributed by atoms with E-state index in [-0.39, 0.29) is 18.0 Å². The van der Waals surface area contributed by atoms with Gasteiger partial charge in [-0.05, 0) is 6.07 Å². The largest absolute Gasteiger partial charge is 0.502 e. The molecule has 1 rings (SSSR count). The predicted octanol–water partition coefficient (Wildman–Crippen LogP) is 2.05. The molecule has 88 valence electrons. The molecule has 0 bridgehead atoms. The molecule has 0 aliphatic heterocycles. The molecular formula is C9H10ClFN2O3. The number of nitrogens with two attached hydrogens (primary N) is 1. The first kappa shape index (κ1) is 14.3. The average molecular weight is 249 g/mol. The molecule has 0 aromatic heterocycles. The molecule has 0 unspecified atom stereocenters. The number of phenols is 1. The van der Waals surface area contributed by atoms with Gasteiger partial charge in [0.2, 0.25) is 0 Å². The first-order valence-electron chi connectivity index (χ1n) is 4.02. The van der Waals surface area contributed by atoms with Crippen molar-refractivity contribution in [2.75, 3.05) is 0 Å². The normalized spacial score (nSPS) is 11.4. The average Bonchev–Trinajstić information content (AvgIpc) is 2.19. The summed E-state index contributed by atoms with van der Waals surface area (Å²) in [4.78, 5) is 9.57. The zero-order valence-electron chi connectivity index (χ0n) is 8.09. The third-order valence-corrected chi connectivity index (χ3v) is 1.89. The van der Waals surface area contributed by atoms with Crippen molar-refractivity contribution in [3.8, 4) is 5.75 Å². The maximum atomic E-state index is 13.0. The molecule has 0 saturated heterocycles. The number of halogens is 2. The van der Waals surface area contributed by atoms with Gasteiger partial charge in [-0.2, -0.15) is 0 Å². The summed E-state index contributed by atoms with van der Waals surface area (Å²) >= 11 is 0. The highest BCUT2D eigenvalue weighted by atomic mass is 35.5. The van der Waals surface area contributed by atoms with Crippen LogP contribution in [0, 0.1) is 15.9 Å². The van der Waals surface area contributed by atoms with Crippen LogP contribution in [-0.4, -0.2) is 10.0 Å². The summed E-state index contributed by atoms with van der Waals surface area (Å²) in [7, 11) is 0. The van der Waals surface area contributed by atoms with Crippen LogP contribution in [-0.2, 0) is 0 Å². The van der Waals surface area contributed by atoms with Crippen LogP contribution in [0.2, 0.25) is 0 Å². The quantitative estimate of drug-likeness (QED) is 0.487. The Morgan fingerprint density at radius 3 is 2.62 bits per heavy atom. The molecule has 0 fully saturated rings.